The van der Waals surface area contributed by atoms with Crippen molar-refractivity contribution in [2.75, 3.05) is 26.2 Å². The first-order valence-electron chi connectivity index (χ1n) is 11.0. The van der Waals surface area contributed by atoms with Crippen LogP contribution in [0.1, 0.15) is 49.3 Å². The van der Waals surface area contributed by atoms with E-state index in [1.165, 1.54) is 24.3 Å². The van der Waals surface area contributed by atoms with Crippen molar-refractivity contribution in [3.8, 4) is 6.07 Å². The Morgan fingerprint density at radius 2 is 1.32 bits per heavy atom. The molecule has 1 aliphatic heterocycles. The van der Waals surface area contributed by atoms with E-state index < -0.39 is 5.41 Å². The molecule has 1 amide bonds. The predicted molar refractivity (Wildman–Crippen MR) is 114 cm³/mol. The summed E-state index contributed by atoms with van der Waals surface area (Å²) in [6, 6.07) is 15.0. The fourth-order valence-electron chi connectivity index (χ4n) is 4.92. The average Bonchev–Trinajstić information content (AvgIpc) is 2.82. The summed E-state index contributed by atoms with van der Waals surface area (Å²) in [7, 11) is 0. The monoisotopic (exact) mass is 423 g/mol. The molecule has 0 N–H and O–H groups in total. The Morgan fingerprint density at radius 1 is 0.839 bits per heavy atom. The predicted octanol–water partition coefficient (Wildman–Crippen LogP) is 4.67. The number of nitriles is 1. The van der Waals surface area contributed by atoms with Crippen molar-refractivity contribution in [1.82, 2.24) is 9.80 Å². The van der Waals surface area contributed by atoms with Gasteiger partial charge in [0.15, 0.2) is 0 Å². The van der Waals surface area contributed by atoms with Gasteiger partial charge in [-0.2, -0.15) is 5.26 Å². The molecule has 2 aromatic carbocycles. The number of benzene rings is 2. The second-order valence-corrected chi connectivity index (χ2v) is 8.59. The maximum Gasteiger partial charge on any atom is 0.243 e. The molecule has 2 aromatic rings. The van der Waals surface area contributed by atoms with Gasteiger partial charge in [0.2, 0.25) is 5.91 Å². The van der Waals surface area contributed by atoms with Crippen molar-refractivity contribution in [1.29, 1.82) is 5.26 Å². The molecule has 0 spiro atoms. The van der Waals surface area contributed by atoms with Gasteiger partial charge in [0.1, 0.15) is 17.0 Å². The number of carbonyl (C=O) groups excluding carboxylic acids is 1. The molecule has 4 nitrogen and oxygen atoms in total. The molecule has 6 heteroatoms. The Labute approximate surface area is 182 Å². The Bertz CT molecular complexity index is 893. The van der Waals surface area contributed by atoms with E-state index in [1.807, 2.05) is 4.90 Å². The van der Waals surface area contributed by atoms with Gasteiger partial charge in [0.05, 0.1) is 12.1 Å². The van der Waals surface area contributed by atoms with Crippen LogP contribution in [0, 0.1) is 28.4 Å². The first-order valence-corrected chi connectivity index (χ1v) is 11.0. The van der Waals surface area contributed by atoms with Crippen molar-refractivity contribution in [2.24, 2.45) is 5.41 Å². The van der Waals surface area contributed by atoms with Crippen molar-refractivity contribution >= 4 is 5.91 Å². The number of nitrogens with zero attached hydrogens (tertiary/aromatic N) is 3. The van der Waals surface area contributed by atoms with Crippen molar-refractivity contribution in [3.05, 3.63) is 71.3 Å². The average molecular weight is 424 g/mol. The Morgan fingerprint density at radius 3 is 1.77 bits per heavy atom. The maximum absolute atomic E-state index is 13.5. The van der Waals surface area contributed by atoms with Gasteiger partial charge < -0.3 is 4.90 Å². The van der Waals surface area contributed by atoms with E-state index in [0.717, 1.165) is 30.4 Å². The molecule has 1 heterocycles. The van der Waals surface area contributed by atoms with E-state index >= 15 is 0 Å². The Balaban J connectivity index is 1.52. The molecule has 1 aliphatic carbocycles. The quantitative estimate of drug-likeness (QED) is 0.718. The molecule has 162 valence electrons. The summed E-state index contributed by atoms with van der Waals surface area (Å²) in [6.07, 6.45) is 4.24. The zero-order valence-corrected chi connectivity index (χ0v) is 17.6. The van der Waals surface area contributed by atoms with Gasteiger partial charge in [-0.3, -0.25) is 9.69 Å². The number of carbonyl (C=O) groups is 1. The van der Waals surface area contributed by atoms with Crippen LogP contribution in [-0.2, 0) is 4.79 Å². The van der Waals surface area contributed by atoms with Gasteiger partial charge in [-0.05, 0) is 48.2 Å². The summed E-state index contributed by atoms with van der Waals surface area (Å²) in [5.41, 5.74) is 0.982. The zero-order valence-electron chi connectivity index (χ0n) is 17.6. The molecule has 0 aromatic heterocycles. The molecular weight excluding hydrogens is 396 g/mol. The molecule has 0 unspecified atom stereocenters. The fraction of sp³-hybridized carbons (Fsp3) is 0.440. The molecule has 0 atom stereocenters. The van der Waals surface area contributed by atoms with Crippen LogP contribution in [0.15, 0.2) is 48.5 Å². The van der Waals surface area contributed by atoms with Crippen LogP contribution in [0.5, 0.6) is 0 Å². The van der Waals surface area contributed by atoms with Gasteiger partial charge in [-0.1, -0.05) is 43.5 Å². The Hall–Kier alpha value is -2.78. The van der Waals surface area contributed by atoms with Crippen LogP contribution >= 0.6 is 0 Å². The van der Waals surface area contributed by atoms with Gasteiger partial charge in [-0.25, -0.2) is 8.78 Å². The molecule has 0 radical (unpaired) electrons. The highest BCUT2D eigenvalue weighted by atomic mass is 19.1. The lowest BCUT2D eigenvalue weighted by Crippen LogP contribution is -2.54. The van der Waals surface area contributed by atoms with E-state index in [-0.39, 0.29) is 23.6 Å². The Kier molecular flexibility index (Phi) is 6.33. The van der Waals surface area contributed by atoms with Crippen LogP contribution in [0.3, 0.4) is 0 Å². The molecule has 4 rings (SSSR count). The van der Waals surface area contributed by atoms with E-state index in [4.69, 9.17) is 0 Å². The zero-order chi connectivity index (χ0) is 21.8. The lowest BCUT2D eigenvalue weighted by Gasteiger charge is -2.42. The maximum atomic E-state index is 13.5. The number of hydrogen-bond donors (Lipinski definition) is 0. The van der Waals surface area contributed by atoms with Crippen molar-refractivity contribution < 1.29 is 13.6 Å². The standard InChI is InChI=1S/C25H27F2N3O/c26-21-8-4-19(5-9-21)23(20-6-10-22(27)11-7-20)29-14-16-30(17-15-29)24(31)25(18-28)12-2-1-3-13-25/h4-11,23H,1-3,12-17H2. The third kappa shape index (κ3) is 4.47. The van der Waals surface area contributed by atoms with Gasteiger partial charge in [0, 0.05) is 26.2 Å². The molecular formula is C25H27F2N3O. The number of amides is 1. The highest BCUT2D eigenvalue weighted by Gasteiger charge is 2.43. The summed E-state index contributed by atoms with van der Waals surface area (Å²) >= 11 is 0. The minimum absolute atomic E-state index is 0.0329. The van der Waals surface area contributed by atoms with Crippen LogP contribution in [0.25, 0.3) is 0 Å². The summed E-state index contributed by atoms with van der Waals surface area (Å²) < 4.78 is 27.0. The van der Waals surface area contributed by atoms with Crippen LogP contribution in [0.4, 0.5) is 8.78 Å². The van der Waals surface area contributed by atoms with Gasteiger partial charge in [-0.15, -0.1) is 0 Å². The second-order valence-electron chi connectivity index (χ2n) is 8.59. The largest absolute Gasteiger partial charge is 0.339 e. The first kappa shape index (κ1) is 21.5. The molecule has 31 heavy (non-hydrogen) atoms. The molecule has 2 aliphatic rings. The van der Waals surface area contributed by atoms with Gasteiger partial charge >= 0.3 is 0 Å². The fourth-order valence-corrected chi connectivity index (χ4v) is 4.92. The highest BCUT2D eigenvalue weighted by Crippen LogP contribution is 2.38. The topological polar surface area (TPSA) is 47.3 Å². The summed E-state index contributed by atoms with van der Waals surface area (Å²) in [6.45, 7) is 2.35. The van der Waals surface area contributed by atoms with Crippen molar-refractivity contribution in [3.63, 3.8) is 0 Å². The summed E-state index contributed by atoms with van der Waals surface area (Å²) in [4.78, 5) is 17.3. The highest BCUT2D eigenvalue weighted by molar-refractivity contribution is 5.85. The molecule has 2 fully saturated rings. The first-order chi connectivity index (χ1) is 15.0. The third-order valence-corrected chi connectivity index (χ3v) is 6.67. The van der Waals surface area contributed by atoms with E-state index in [0.29, 0.717) is 39.0 Å². The second kappa shape index (κ2) is 9.15. The van der Waals surface area contributed by atoms with E-state index in [2.05, 4.69) is 11.0 Å². The van der Waals surface area contributed by atoms with E-state index in [1.54, 1.807) is 24.3 Å². The minimum Gasteiger partial charge on any atom is -0.339 e. The number of hydrogen-bond acceptors (Lipinski definition) is 3. The summed E-state index contributed by atoms with van der Waals surface area (Å²) in [5, 5.41) is 9.76. The SMILES string of the molecule is N#CC1(C(=O)N2CCN(C(c3ccc(F)cc3)c3ccc(F)cc3)CC2)CCCCC1. The number of halogens is 2. The summed E-state index contributed by atoms with van der Waals surface area (Å²) in [5.74, 6) is -0.632. The molecule has 1 saturated heterocycles. The minimum atomic E-state index is -0.867. The van der Waals surface area contributed by atoms with Crippen LogP contribution in [-0.4, -0.2) is 41.9 Å². The van der Waals surface area contributed by atoms with Crippen LogP contribution < -0.4 is 0 Å². The van der Waals surface area contributed by atoms with Gasteiger partial charge in [0.25, 0.3) is 0 Å². The third-order valence-electron chi connectivity index (χ3n) is 6.67. The molecule has 0 bridgehead atoms. The van der Waals surface area contributed by atoms with Crippen LogP contribution in [0.2, 0.25) is 0 Å². The normalized spacial score (nSPS) is 19.2. The van der Waals surface area contributed by atoms with E-state index in [9.17, 15) is 18.8 Å². The molecule has 1 saturated carbocycles. The number of rotatable bonds is 4. The van der Waals surface area contributed by atoms with Crippen molar-refractivity contribution in [2.45, 2.75) is 38.1 Å². The smallest absolute Gasteiger partial charge is 0.243 e. The lowest BCUT2D eigenvalue weighted by atomic mass is 9.74. The number of piperazine rings is 1. The lowest BCUT2D eigenvalue weighted by molar-refractivity contribution is -0.142.